The molecule has 0 spiro atoms. The summed E-state index contributed by atoms with van der Waals surface area (Å²) in [5, 5.41) is 10.3. The monoisotopic (exact) mass is 622 g/mol. The lowest BCUT2D eigenvalue weighted by molar-refractivity contribution is 0.662. The van der Waals surface area contributed by atoms with Crippen molar-refractivity contribution in [1.82, 2.24) is 0 Å². The topological polar surface area (TPSA) is 0 Å². The van der Waals surface area contributed by atoms with E-state index in [4.69, 9.17) is 0 Å². The van der Waals surface area contributed by atoms with Crippen LogP contribution in [0.4, 0.5) is 0 Å². The van der Waals surface area contributed by atoms with Gasteiger partial charge in [0.05, 0.1) is 0 Å². The molecule has 0 fully saturated rings. The molecule has 0 aliphatic heterocycles. The van der Waals surface area contributed by atoms with E-state index in [2.05, 4.69) is 184 Å². The number of hydrogen-bond donors (Lipinski definition) is 0. The maximum Gasteiger partial charge on any atom is 0.0165 e. The minimum atomic E-state index is -0.103. The van der Waals surface area contributed by atoms with Crippen LogP contribution in [0.5, 0.6) is 0 Å². The highest BCUT2D eigenvalue weighted by molar-refractivity contribution is 6.23. The van der Waals surface area contributed by atoms with Crippen LogP contribution in [-0.2, 0) is 5.41 Å². The SMILES string of the molecule is CC1(C)c2ccc3ccccc3c2-c2cccc(-c3ccc(-c4c5ccccc5c(-c5cccc6ccccc56)c5ccccc45)cc3)c21. The van der Waals surface area contributed by atoms with Crippen LogP contribution in [0.2, 0.25) is 0 Å². The molecule has 9 aromatic rings. The Morgan fingerprint density at radius 2 is 0.776 bits per heavy atom. The third-order valence-electron chi connectivity index (χ3n) is 11.0. The van der Waals surface area contributed by atoms with E-state index in [-0.39, 0.29) is 5.41 Å². The van der Waals surface area contributed by atoms with Crippen LogP contribution in [0.3, 0.4) is 0 Å². The van der Waals surface area contributed by atoms with Gasteiger partial charge in [-0.05, 0) is 98.7 Å². The van der Waals surface area contributed by atoms with Crippen molar-refractivity contribution in [3.05, 3.63) is 181 Å². The summed E-state index contributed by atoms with van der Waals surface area (Å²) in [4.78, 5) is 0. The number of rotatable bonds is 3. The van der Waals surface area contributed by atoms with Gasteiger partial charge in [-0.1, -0.05) is 184 Å². The first-order valence-corrected chi connectivity index (χ1v) is 17.3. The van der Waals surface area contributed by atoms with Gasteiger partial charge in [-0.25, -0.2) is 0 Å². The maximum atomic E-state index is 2.39. The van der Waals surface area contributed by atoms with E-state index in [1.165, 1.54) is 98.7 Å². The van der Waals surface area contributed by atoms with Gasteiger partial charge in [-0.2, -0.15) is 0 Å². The van der Waals surface area contributed by atoms with Crippen LogP contribution in [0, 0.1) is 0 Å². The normalized spacial score (nSPS) is 13.3. The molecular weight excluding hydrogens is 589 g/mol. The maximum absolute atomic E-state index is 2.39. The Balaban J connectivity index is 1.17. The molecule has 0 atom stereocenters. The van der Waals surface area contributed by atoms with Crippen LogP contribution in [0.25, 0.3) is 87.6 Å². The summed E-state index contributed by atoms with van der Waals surface area (Å²) in [5.41, 5.74) is 13.2. The zero-order chi connectivity index (χ0) is 32.7. The fraction of sp³-hybridized carbons (Fsp3) is 0.0612. The largest absolute Gasteiger partial charge is 0.0616 e. The fourth-order valence-electron chi connectivity index (χ4n) is 8.88. The molecule has 0 heterocycles. The van der Waals surface area contributed by atoms with Gasteiger partial charge in [0.2, 0.25) is 0 Å². The molecular formula is C49H34. The van der Waals surface area contributed by atoms with Crippen LogP contribution >= 0.6 is 0 Å². The van der Waals surface area contributed by atoms with Crippen molar-refractivity contribution in [3.8, 4) is 44.5 Å². The van der Waals surface area contributed by atoms with Gasteiger partial charge in [0.25, 0.3) is 0 Å². The Bertz CT molecular complexity index is 2720. The summed E-state index contributed by atoms with van der Waals surface area (Å²) in [6.45, 7) is 4.78. The van der Waals surface area contributed by atoms with Crippen molar-refractivity contribution in [3.63, 3.8) is 0 Å². The fourth-order valence-corrected chi connectivity index (χ4v) is 8.88. The summed E-state index contributed by atoms with van der Waals surface area (Å²) in [6.07, 6.45) is 0. The molecule has 1 aliphatic rings. The Morgan fingerprint density at radius 3 is 1.45 bits per heavy atom. The average Bonchev–Trinajstić information content (AvgIpc) is 3.40. The first-order valence-electron chi connectivity index (χ1n) is 17.3. The summed E-state index contributed by atoms with van der Waals surface area (Å²) in [7, 11) is 0. The molecule has 0 bridgehead atoms. The van der Waals surface area contributed by atoms with Crippen molar-refractivity contribution in [1.29, 1.82) is 0 Å². The number of hydrogen-bond acceptors (Lipinski definition) is 0. The third kappa shape index (κ3) is 4.04. The van der Waals surface area contributed by atoms with E-state index in [9.17, 15) is 0 Å². The minimum absolute atomic E-state index is 0.103. The molecule has 0 saturated heterocycles. The number of fused-ring (bicyclic) bond motifs is 8. The van der Waals surface area contributed by atoms with Crippen molar-refractivity contribution < 1.29 is 0 Å². The second-order valence-corrected chi connectivity index (χ2v) is 14.0. The molecule has 0 amide bonds. The molecule has 0 heteroatoms. The zero-order valence-electron chi connectivity index (χ0n) is 27.7. The first kappa shape index (κ1) is 28.1. The Labute approximate surface area is 286 Å². The first-order chi connectivity index (χ1) is 24.1. The number of benzene rings is 9. The summed E-state index contributed by atoms with van der Waals surface area (Å²) >= 11 is 0. The summed E-state index contributed by atoms with van der Waals surface area (Å²) in [5.74, 6) is 0. The zero-order valence-corrected chi connectivity index (χ0v) is 27.7. The second kappa shape index (κ2) is 10.5. The van der Waals surface area contributed by atoms with E-state index in [1.807, 2.05) is 0 Å². The molecule has 0 aromatic heterocycles. The third-order valence-corrected chi connectivity index (χ3v) is 11.0. The van der Waals surface area contributed by atoms with Gasteiger partial charge in [0.15, 0.2) is 0 Å². The lowest BCUT2D eigenvalue weighted by Crippen LogP contribution is -2.16. The van der Waals surface area contributed by atoms with E-state index < -0.39 is 0 Å². The van der Waals surface area contributed by atoms with Gasteiger partial charge in [0, 0.05) is 5.41 Å². The molecule has 0 radical (unpaired) electrons. The lowest BCUT2D eigenvalue weighted by Gasteiger charge is -2.25. The molecule has 9 aromatic carbocycles. The van der Waals surface area contributed by atoms with Crippen LogP contribution in [-0.4, -0.2) is 0 Å². The lowest BCUT2D eigenvalue weighted by atomic mass is 9.78. The predicted octanol–water partition coefficient (Wildman–Crippen LogP) is 13.6. The molecule has 0 unspecified atom stereocenters. The molecule has 10 rings (SSSR count). The molecule has 0 nitrogen and oxygen atoms in total. The van der Waals surface area contributed by atoms with Gasteiger partial charge < -0.3 is 0 Å². The van der Waals surface area contributed by atoms with Crippen molar-refractivity contribution in [2.45, 2.75) is 19.3 Å². The average molecular weight is 623 g/mol. The molecule has 0 N–H and O–H groups in total. The molecule has 0 saturated carbocycles. The van der Waals surface area contributed by atoms with Gasteiger partial charge in [-0.15, -0.1) is 0 Å². The second-order valence-electron chi connectivity index (χ2n) is 14.0. The van der Waals surface area contributed by atoms with Crippen molar-refractivity contribution in [2.24, 2.45) is 0 Å². The van der Waals surface area contributed by atoms with Gasteiger partial charge in [-0.3, -0.25) is 0 Å². The standard InChI is InChI=1S/C49H34/c1-49(2)44-30-29-32-14-4-6-17-36(32)47(44)43-24-12-22-37(48(43)49)33-25-27-34(28-26-33)45-39-18-7-9-20-41(39)46(42-21-10-8-19-40(42)45)38-23-11-15-31-13-3-5-16-35(31)38/h3-30H,1-2H3. The Kier molecular flexibility index (Phi) is 6.02. The highest BCUT2D eigenvalue weighted by Crippen LogP contribution is 2.54. The molecule has 1 aliphatic carbocycles. The van der Waals surface area contributed by atoms with Gasteiger partial charge in [0.1, 0.15) is 0 Å². The predicted molar refractivity (Wildman–Crippen MR) is 210 cm³/mol. The van der Waals surface area contributed by atoms with E-state index in [0.717, 1.165) is 0 Å². The van der Waals surface area contributed by atoms with E-state index in [1.54, 1.807) is 0 Å². The van der Waals surface area contributed by atoms with Crippen molar-refractivity contribution in [2.75, 3.05) is 0 Å². The highest BCUT2D eigenvalue weighted by atomic mass is 14.4. The van der Waals surface area contributed by atoms with E-state index >= 15 is 0 Å². The quantitative estimate of drug-likeness (QED) is 0.172. The Hall–Kier alpha value is -5.98. The summed E-state index contributed by atoms with van der Waals surface area (Å²) < 4.78 is 0. The van der Waals surface area contributed by atoms with Gasteiger partial charge >= 0.3 is 0 Å². The van der Waals surface area contributed by atoms with Crippen LogP contribution in [0.15, 0.2) is 170 Å². The smallest absolute Gasteiger partial charge is 0.0165 e. The van der Waals surface area contributed by atoms with E-state index in [0.29, 0.717) is 0 Å². The highest BCUT2D eigenvalue weighted by Gasteiger charge is 2.38. The van der Waals surface area contributed by atoms with Crippen LogP contribution in [0.1, 0.15) is 25.0 Å². The van der Waals surface area contributed by atoms with Crippen LogP contribution < -0.4 is 0 Å². The molecule has 230 valence electrons. The molecule has 49 heavy (non-hydrogen) atoms. The summed E-state index contributed by atoms with van der Waals surface area (Å²) in [6, 6.07) is 63.0. The minimum Gasteiger partial charge on any atom is -0.0616 e. The van der Waals surface area contributed by atoms with Crippen molar-refractivity contribution >= 4 is 43.1 Å². The Morgan fingerprint density at radius 1 is 0.306 bits per heavy atom.